The summed E-state index contributed by atoms with van der Waals surface area (Å²) in [6.45, 7) is 8.91. The lowest BCUT2D eigenvalue weighted by atomic mass is 10.1. The summed E-state index contributed by atoms with van der Waals surface area (Å²) in [6.07, 6.45) is 2.92. The number of hydrogen-bond acceptors (Lipinski definition) is 4. The van der Waals surface area contributed by atoms with E-state index in [0.29, 0.717) is 30.1 Å². The Morgan fingerprint density at radius 3 is 2.08 bits per heavy atom. The van der Waals surface area contributed by atoms with Gasteiger partial charge in [0.2, 0.25) is 21.8 Å². The number of sulfonamides is 1. The van der Waals surface area contributed by atoms with Gasteiger partial charge < -0.3 is 10.2 Å². The van der Waals surface area contributed by atoms with Gasteiger partial charge >= 0.3 is 0 Å². The van der Waals surface area contributed by atoms with Gasteiger partial charge in [0.05, 0.1) is 11.9 Å². The van der Waals surface area contributed by atoms with E-state index in [1.807, 2.05) is 52.0 Å². The molecule has 0 bridgehead atoms. The molecule has 0 spiro atoms. The van der Waals surface area contributed by atoms with E-state index in [4.69, 9.17) is 11.6 Å². The zero-order valence-corrected chi connectivity index (χ0v) is 24.1. The lowest BCUT2D eigenvalue weighted by Gasteiger charge is -2.31. The Morgan fingerprint density at radius 1 is 0.973 bits per heavy atom. The largest absolute Gasteiger partial charge is 0.354 e. The van der Waals surface area contributed by atoms with Crippen LogP contribution in [0.3, 0.4) is 0 Å². The Kier molecular flexibility index (Phi) is 11.9. The maximum Gasteiger partial charge on any atom is 0.242 e. The van der Waals surface area contributed by atoms with Gasteiger partial charge in [-0.05, 0) is 60.6 Å². The average molecular weight is 550 g/mol. The maximum atomic E-state index is 13.5. The Morgan fingerprint density at radius 2 is 1.57 bits per heavy atom. The van der Waals surface area contributed by atoms with Crippen LogP contribution in [0.5, 0.6) is 0 Å². The molecule has 0 fully saturated rings. The van der Waals surface area contributed by atoms with Gasteiger partial charge in [0.1, 0.15) is 6.04 Å². The number of anilines is 1. The summed E-state index contributed by atoms with van der Waals surface area (Å²) >= 11 is 6.03. The standard InChI is InChI=1S/C28H40ClN3O4S/c1-6-22-12-16-25(17-13-22)32(37(5,35)36)18-8-9-27(33)31(20-23-10-14-24(29)15-11-23)26(7-2)28(34)30-19-21(3)4/h10-17,21,26H,6-9,18-20H2,1-5H3,(H,30,34). The zero-order chi connectivity index (χ0) is 27.6. The monoisotopic (exact) mass is 549 g/mol. The molecule has 0 radical (unpaired) electrons. The second-order valence-corrected chi connectivity index (χ2v) is 12.0. The molecule has 2 aromatic carbocycles. The number of halogens is 1. The molecule has 1 unspecified atom stereocenters. The predicted molar refractivity (Wildman–Crippen MR) is 151 cm³/mol. The van der Waals surface area contributed by atoms with Crippen molar-refractivity contribution in [3.05, 3.63) is 64.7 Å². The molecule has 7 nitrogen and oxygen atoms in total. The van der Waals surface area contributed by atoms with Gasteiger partial charge in [-0.25, -0.2) is 8.42 Å². The molecule has 0 heterocycles. The second-order valence-electron chi connectivity index (χ2n) is 9.67. The first kappa shape index (κ1) is 30.6. The molecular formula is C28H40ClN3O4S. The quantitative estimate of drug-likeness (QED) is 0.358. The molecule has 0 aromatic heterocycles. The normalized spacial score (nSPS) is 12.3. The smallest absolute Gasteiger partial charge is 0.242 e. The van der Waals surface area contributed by atoms with Crippen molar-refractivity contribution in [2.75, 3.05) is 23.7 Å². The zero-order valence-electron chi connectivity index (χ0n) is 22.5. The van der Waals surface area contributed by atoms with Crippen molar-refractivity contribution in [2.45, 2.75) is 66.0 Å². The Hall–Kier alpha value is -2.58. The molecular weight excluding hydrogens is 510 g/mol. The second kappa shape index (κ2) is 14.4. The fourth-order valence-electron chi connectivity index (χ4n) is 4.03. The number of benzene rings is 2. The van der Waals surface area contributed by atoms with Crippen molar-refractivity contribution in [1.82, 2.24) is 10.2 Å². The van der Waals surface area contributed by atoms with Crippen molar-refractivity contribution in [2.24, 2.45) is 5.92 Å². The minimum atomic E-state index is -3.53. The van der Waals surface area contributed by atoms with E-state index in [1.54, 1.807) is 29.2 Å². The van der Waals surface area contributed by atoms with Crippen LogP contribution < -0.4 is 9.62 Å². The van der Waals surface area contributed by atoms with E-state index < -0.39 is 16.1 Å². The lowest BCUT2D eigenvalue weighted by molar-refractivity contribution is -0.141. The number of carbonyl (C=O) groups excluding carboxylic acids is 2. The van der Waals surface area contributed by atoms with E-state index in [-0.39, 0.29) is 37.2 Å². The Labute approximate surface area is 227 Å². The van der Waals surface area contributed by atoms with Crippen LogP contribution in [0, 0.1) is 5.92 Å². The van der Waals surface area contributed by atoms with Gasteiger partial charge in [0, 0.05) is 31.1 Å². The molecule has 9 heteroatoms. The topological polar surface area (TPSA) is 86.8 Å². The van der Waals surface area contributed by atoms with Crippen molar-refractivity contribution in [3.63, 3.8) is 0 Å². The third-order valence-electron chi connectivity index (χ3n) is 6.12. The fraction of sp³-hybridized carbons (Fsp3) is 0.500. The van der Waals surface area contributed by atoms with E-state index in [2.05, 4.69) is 5.32 Å². The molecule has 2 rings (SSSR count). The SMILES string of the molecule is CCc1ccc(N(CCCC(=O)N(Cc2ccc(Cl)cc2)C(CC)C(=O)NCC(C)C)S(C)(=O)=O)cc1. The number of carbonyl (C=O) groups is 2. The van der Waals surface area contributed by atoms with Crippen LogP contribution in [0.15, 0.2) is 48.5 Å². The first-order chi connectivity index (χ1) is 17.5. The molecule has 0 aliphatic heterocycles. The third-order valence-corrected chi connectivity index (χ3v) is 7.57. The summed E-state index contributed by atoms with van der Waals surface area (Å²) in [4.78, 5) is 28.1. The molecule has 1 atom stereocenters. The van der Waals surface area contributed by atoms with Gasteiger partial charge in [-0.3, -0.25) is 13.9 Å². The van der Waals surface area contributed by atoms with Gasteiger partial charge in [-0.1, -0.05) is 63.6 Å². The number of nitrogens with zero attached hydrogens (tertiary/aromatic N) is 2. The Bertz CT molecular complexity index is 1120. The van der Waals surface area contributed by atoms with Crippen LogP contribution in [-0.4, -0.2) is 50.5 Å². The molecule has 1 N–H and O–H groups in total. The summed E-state index contributed by atoms with van der Waals surface area (Å²) in [5.74, 6) is -0.0983. The van der Waals surface area contributed by atoms with Gasteiger partial charge in [-0.15, -0.1) is 0 Å². The van der Waals surface area contributed by atoms with Crippen molar-refractivity contribution >= 4 is 39.1 Å². The highest BCUT2D eigenvalue weighted by Crippen LogP contribution is 2.21. The minimum absolute atomic E-state index is 0.112. The summed E-state index contributed by atoms with van der Waals surface area (Å²) in [5, 5.41) is 3.54. The van der Waals surface area contributed by atoms with Crippen LogP contribution >= 0.6 is 11.6 Å². The van der Waals surface area contributed by atoms with Crippen molar-refractivity contribution in [1.29, 1.82) is 0 Å². The summed E-state index contributed by atoms with van der Waals surface area (Å²) in [6, 6.07) is 14.0. The van der Waals surface area contributed by atoms with E-state index in [9.17, 15) is 18.0 Å². The Balaban J connectivity index is 2.19. The molecule has 204 valence electrons. The first-order valence-electron chi connectivity index (χ1n) is 12.8. The minimum Gasteiger partial charge on any atom is -0.354 e. The van der Waals surface area contributed by atoms with Crippen LogP contribution in [0.1, 0.15) is 58.1 Å². The van der Waals surface area contributed by atoms with Crippen LogP contribution in [0.2, 0.25) is 5.02 Å². The highest BCUT2D eigenvalue weighted by molar-refractivity contribution is 7.92. The van der Waals surface area contributed by atoms with Crippen LogP contribution in [0.4, 0.5) is 5.69 Å². The molecule has 0 aliphatic carbocycles. The molecule has 2 amide bonds. The van der Waals surface area contributed by atoms with Gasteiger partial charge in [-0.2, -0.15) is 0 Å². The molecule has 0 aliphatic rings. The number of amides is 2. The third kappa shape index (κ3) is 9.67. The first-order valence-corrected chi connectivity index (χ1v) is 15.1. The molecule has 37 heavy (non-hydrogen) atoms. The number of aryl methyl sites for hydroxylation is 1. The fourth-order valence-corrected chi connectivity index (χ4v) is 5.12. The highest BCUT2D eigenvalue weighted by atomic mass is 35.5. The molecule has 0 saturated heterocycles. The number of rotatable bonds is 14. The van der Waals surface area contributed by atoms with Crippen molar-refractivity contribution in [3.8, 4) is 0 Å². The van der Waals surface area contributed by atoms with Crippen LogP contribution in [0.25, 0.3) is 0 Å². The van der Waals surface area contributed by atoms with Crippen LogP contribution in [-0.2, 0) is 32.6 Å². The van der Waals surface area contributed by atoms with Gasteiger partial charge in [0.25, 0.3) is 0 Å². The summed E-state index contributed by atoms with van der Waals surface area (Å²) in [5.41, 5.74) is 2.55. The van der Waals surface area contributed by atoms with E-state index >= 15 is 0 Å². The average Bonchev–Trinajstić information content (AvgIpc) is 2.85. The molecule has 0 saturated carbocycles. The van der Waals surface area contributed by atoms with Crippen molar-refractivity contribution < 1.29 is 18.0 Å². The number of hydrogen-bond donors (Lipinski definition) is 1. The highest BCUT2D eigenvalue weighted by Gasteiger charge is 2.29. The van der Waals surface area contributed by atoms with E-state index in [0.717, 1.165) is 17.5 Å². The summed E-state index contributed by atoms with van der Waals surface area (Å²) in [7, 11) is -3.53. The lowest BCUT2D eigenvalue weighted by Crippen LogP contribution is -2.49. The van der Waals surface area contributed by atoms with Gasteiger partial charge in [0.15, 0.2) is 0 Å². The van der Waals surface area contributed by atoms with E-state index in [1.165, 1.54) is 10.6 Å². The maximum absolute atomic E-state index is 13.5. The number of nitrogens with one attached hydrogen (secondary N) is 1. The molecule has 2 aromatic rings. The predicted octanol–water partition coefficient (Wildman–Crippen LogP) is 5.03. The summed E-state index contributed by atoms with van der Waals surface area (Å²) < 4.78 is 26.3.